The van der Waals surface area contributed by atoms with E-state index < -0.39 is 0 Å². The summed E-state index contributed by atoms with van der Waals surface area (Å²) < 4.78 is 14.2. The van der Waals surface area contributed by atoms with Crippen LogP contribution in [0.2, 0.25) is 0 Å². The minimum atomic E-state index is -0.302. The normalized spacial score (nSPS) is 21.5. The van der Waals surface area contributed by atoms with E-state index in [1.54, 1.807) is 18.2 Å². The third kappa shape index (κ3) is 5.67. The van der Waals surface area contributed by atoms with Gasteiger partial charge in [0.2, 0.25) is 5.96 Å². The summed E-state index contributed by atoms with van der Waals surface area (Å²) >= 11 is 0. The van der Waals surface area contributed by atoms with Crippen LogP contribution in [0.1, 0.15) is 47.0 Å². The number of nitrogens with zero attached hydrogens (tertiary/aromatic N) is 4. The highest BCUT2D eigenvalue weighted by atomic mass is 19.1. The zero-order valence-corrected chi connectivity index (χ0v) is 18.7. The highest BCUT2D eigenvalue weighted by Gasteiger charge is 2.31. The van der Waals surface area contributed by atoms with Crippen molar-refractivity contribution in [3.8, 4) is 0 Å². The predicted molar refractivity (Wildman–Crippen MR) is 123 cm³/mol. The average Bonchev–Trinajstić information content (AvgIpc) is 3.07. The first kappa shape index (κ1) is 22.4. The standard InChI is InChI=1S/C23H35FN6/c1-5-20-22(26-18(4)25-13-16-29-14-9-6-10-15-29)30(17(2)3)23(27-20)28-21-12-8-7-11-19(21)24/h5,7-8,11-12,17-18,25H,6,9-10,13-16H2,1-4H3,(H,27,28)/b20-5+,26-22?. The van der Waals surface area contributed by atoms with E-state index >= 15 is 0 Å². The Labute approximate surface area is 180 Å². The van der Waals surface area contributed by atoms with Gasteiger partial charge in [-0.25, -0.2) is 14.4 Å². The van der Waals surface area contributed by atoms with Gasteiger partial charge in [0, 0.05) is 19.1 Å². The van der Waals surface area contributed by atoms with Crippen LogP contribution in [-0.4, -0.2) is 60.0 Å². The number of benzene rings is 1. The summed E-state index contributed by atoms with van der Waals surface area (Å²) in [7, 11) is 0. The molecule has 0 saturated carbocycles. The van der Waals surface area contributed by atoms with Crippen LogP contribution in [0.3, 0.4) is 0 Å². The maximum atomic E-state index is 14.2. The Balaban J connectivity index is 1.68. The summed E-state index contributed by atoms with van der Waals surface area (Å²) in [6.07, 6.45) is 5.88. The van der Waals surface area contributed by atoms with Gasteiger partial charge in [0.1, 0.15) is 11.5 Å². The molecule has 30 heavy (non-hydrogen) atoms. The maximum Gasteiger partial charge on any atom is 0.209 e. The van der Waals surface area contributed by atoms with Crippen molar-refractivity contribution in [3.63, 3.8) is 0 Å². The fraction of sp³-hybridized carbons (Fsp3) is 0.565. The van der Waals surface area contributed by atoms with Crippen molar-refractivity contribution in [2.75, 3.05) is 31.5 Å². The number of anilines is 1. The van der Waals surface area contributed by atoms with Crippen molar-refractivity contribution in [3.05, 3.63) is 41.9 Å². The van der Waals surface area contributed by atoms with E-state index in [9.17, 15) is 4.39 Å². The maximum absolute atomic E-state index is 14.2. The van der Waals surface area contributed by atoms with Gasteiger partial charge < -0.3 is 10.2 Å². The molecule has 0 aromatic heterocycles. The predicted octanol–water partition coefficient (Wildman–Crippen LogP) is 4.04. The number of piperidine rings is 1. The molecule has 2 heterocycles. The molecule has 1 atom stereocenters. The van der Waals surface area contributed by atoms with Gasteiger partial charge in [0.25, 0.3) is 0 Å². The Kier molecular flexibility index (Phi) is 7.99. The van der Waals surface area contributed by atoms with E-state index in [2.05, 4.69) is 36.3 Å². The summed E-state index contributed by atoms with van der Waals surface area (Å²) in [5.41, 5.74) is 1.21. The lowest BCUT2D eigenvalue weighted by Crippen LogP contribution is -2.43. The molecule has 1 saturated heterocycles. The highest BCUT2D eigenvalue weighted by molar-refractivity contribution is 6.18. The number of aliphatic imine (C=N–C) groups is 2. The topological polar surface area (TPSA) is 55.3 Å². The van der Waals surface area contributed by atoms with Crippen molar-refractivity contribution in [1.29, 1.82) is 0 Å². The third-order valence-corrected chi connectivity index (χ3v) is 5.45. The van der Waals surface area contributed by atoms with E-state index in [0.717, 1.165) is 24.6 Å². The van der Waals surface area contributed by atoms with E-state index in [0.29, 0.717) is 11.6 Å². The van der Waals surface area contributed by atoms with Gasteiger partial charge in [0.05, 0.1) is 11.9 Å². The van der Waals surface area contributed by atoms with Gasteiger partial charge >= 0.3 is 0 Å². The highest BCUT2D eigenvalue weighted by Crippen LogP contribution is 2.22. The number of amidine groups is 1. The number of allylic oxidation sites excluding steroid dienone is 1. The number of para-hydroxylation sites is 1. The zero-order valence-electron chi connectivity index (χ0n) is 18.7. The minimum absolute atomic E-state index is 0.0380. The molecule has 1 fully saturated rings. The summed E-state index contributed by atoms with van der Waals surface area (Å²) in [6, 6.07) is 6.77. The monoisotopic (exact) mass is 414 g/mol. The van der Waals surface area contributed by atoms with Crippen molar-refractivity contribution >= 4 is 17.5 Å². The third-order valence-electron chi connectivity index (χ3n) is 5.45. The fourth-order valence-electron chi connectivity index (χ4n) is 3.87. The van der Waals surface area contributed by atoms with Gasteiger partial charge in [-0.1, -0.05) is 24.6 Å². The van der Waals surface area contributed by atoms with E-state index in [4.69, 9.17) is 9.98 Å². The van der Waals surface area contributed by atoms with Crippen molar-refractivity contribution < 1.29 is 4.39 Å². The average molecular weight is 415 g/mol. The van der Waals surface area contributed by atoms with Gasteiger partial charge in [-0.05, 0) is 65.8 Å². The molecular formula is C23H35FN6. The molecule has 6 nitrogen and oxygen atoms in total. The molecule has 2 aliphatic rings. The summed E-state index contributed by atoms with van der Waals surface area (Å²) in [5.74, 6) is 1.11. The second-order valence-corrected chi connectivity index (χ2v) is 8.16. The molecule has 164 valence electrons. The van der Waals surface area contributed by atoms with Crippen LogP contribution in [-0.2, 0) is 0 Å². The summed E-state index contributed by atoms with van der Waals surface area (Å²) in [5, 5.41) is 6.67. The van der Waals surface area contributed by atoms with E-state index in [-0.39, 0.29) is 18.0 Å². The molecule has 1 aromatic carbocycles. The van der Waals surface area contributed by atoms with Crippen LogP contribution in [0.5, 0.6) is 0 Å². The van der Waals surface area contributed by atoms with Crippen LogP contribution in [0, 0.1) is 5.82 Å². The second-order valence-electron chi connectivity index (χ2n) is 8.16. The molecule has 3 rings (SSSR count). The Morgan fingerprint density at radius 1 is 1.17 bits per heavy atom. The van der Waals surface area contributed by atoms with E-state index in [1.165, 1.54) is 38.4 Å². The van der Waals surface area contributed by atoms with Crippen LogP contribution < -0.4 is 10.6 Å². The van der Waals surface area contributed by atoms with Crippen molar-refractivity contribution in [1.82, 2.24) is 15.1 Å². The molecule has 0 spiro atoms. The second kappa shape index (κ2) is 10.7. The lowest BCUT2D eigenvalue weighted by molar-refractivity contribution is 0.227. The Morgan fingerprint density at radius 3 is 2.57 bits per heavy atom. The fourth-order valence-corrected chi connectivity index (χ4v) is 3.87. The zero-order chi connectivity index (χ0) is 21.5. The number of guanidine groups is 1. The number of rotatable bonds is 7. The first-order chi connectivity index (χ1) is 14.5. The van der Waals surface area contributed by atoms with Crippen molar-refractivity contribution in [2.24, 2.45) is 9.98 Å². The van der Waals surface area contributed by atoms with Crippen molar-refractivity contribution in [2.45, 2.75) is 59.2 Å². The molecule has 0 aliphatic carbocycles. The first-order valence-corrected chi connectivity index (χ1v) is 11.1. The number of hydrogen-bond acceptors (Lipinski definition) is 5. The molecule has 2 aliphatic heterocycles. The molecule has 0 amide bonds. The molecule has 7 heteroatoms. The van der Waals surface area contributed by atoms with Crippen LogP contribution in [0.4, 0.5) is 10.1 Å². The van der Waals surface area contributed by atoms with Gasteiger partial charge in [-0.3, -0.25) is 10.2 Å². The Bertz CT molecular complexity index is 795. The van der Waals surface area contributed by atoms with Gasteiger partial charge in [-0.2, -0.15) is 0 Å². The lowest BCUT2D eigenvalue weighted by atomic mass is 10.1. The van der Waals surface area contributed by atoms with Crippen LogP contribution >= 0.6 is 0 Å². The molecule has 0 radical (unpaired) electrons. The number of nitrogens with one attached hydrogen (secondary N) is 2. The number of hydrogen-bond donors (Lipinski definition) is 2. The number of halogens is 1. The first-order valence-electron chi connectivity index (χ1n) is 11.1. The summed E-state index contributed by atoms with van der Waals surface area (Å²) in [6.45, 7) is 12.6. The quantitative estimate of drug-likeness (QED) is 0.707. The van der Waals surface area contributed by atoms with E-state index in [1.807, 2.05) is 17.9 Å². The molecular weight excluding hydrogens is 379 g/mol. The summed E-state index contributed by atoms with van der Waals surface area (Å²) in [4.78, 5) is 14.2. The Morgan fingerprint density at radius 2 is 1.90 bits per heavy atom. The SMILES string of the molecule is C/C=C1/N=C(Nc2ccccc2F)N(C(C)C)C1=NC(C)NCCN1CCCCC1. The van der Waals surface area contributed by atoms with Gasteiger partial charge in [-0.15, -0.1) is 0 Å². The molecule has 1 unspecified atom stereocenters. The van der Waals surface area contributed by atoms with Crippen LogP contribution in [0.15, 0.2) is 46.0 Å². The largest absolute Gasteiger partial charge is 0.323 e. The van der Waals surface area contributed by atoms with Crippen LogP contribution in [0.25, 0.3) is 0 Å². The Hall–Kier alpha value is -2.25. The molecule has 1 aromatic rings. The molecule has 0 bridgehead atoms. The minimum Gasteiger partial charge on any atom is -0.323 e. The smallest absolute Gasteiger partial charge is 0.209 e. The number of likely N-dealkylation sites (tertiary alicyclic amines) is 1. The van der Waals surface area contributed by atoms with Gasteiger partial charge in [0.15, 0.2) is 5.84 Å². The lowest BCUT2D eigenvalue weighted by Gasteiger charge is -2.28. The molecule has 2 N–H and O–H groups in total.